The minimum absolute atomic E-state index is 0. The van der Waals surface area contributed by atoms with Crippen LogP contribution in [0.4, 0.5) is 0 Å². The van der Waals surface area contributed by atoms with Crippen LogP contribution in [0.3, 0.4) is 0 Å². The lowest BCUT2D eigenvalue weighted by atomic mass is 10.3. The summed E-state index contributed by atoms with van der Waals surface area (Å²) in [4.78, 5) is 11.1. The van der Waals surface area contributed by atoms with Gasteiger partial charge in [0.1, 0.15) is 5.82 Å². The molecule has 1 fully saturated rings. The van der Waals surface area contributed by atoms with E-state index in [0.717, 1.165) is 31.3 Å². The Morgan fingerprint density at radius 2 is 2.46 bits per heavy atom. The highest BCUT2D eigenvalue weighted by atomic mass is 127. The Bertz CT molecular complexity index is 642. The van der Waals surface area contributed by atoms with Crippen LogP contribution < -0.4 is 5.32 Å². The van der Waals surface area contributed by atoms with E-state index >= 15 is 0 Å². The molecule has 3 heterocycles. The number of aliphatic hydroxyl groups is 1. The van der Waals surface area contributed by atoms with E-state index < -0.39 is 0 Å². The third kappa shape index (κ3) is 4.69. The van der Waals surface area contributed by atoms with Gasteiger partial charge in [0.25, 0.3) is 0 Å². The lowest BCUT2D eigenvalue weighted by molar-refractivity contribution is 0.188. The van der Waals surface area contributed by atoms with E-state index in [1.807, 2.05) is 19.1 Å². The van der Waals surface area contributed by atoms with E-state index in [-0.39, 0.29) is 30.1 Å². The number of aliphatic imine (C=N–C) groups is 1. The van der Waals surface area contributed by atoms with Crippen LogP contribution in [0.25, 0.3) is 11.6 Å². The van der Waals surface area contributed by atoms with Crippen molar-refractivity contribution in [2.24, 2.45) is 4.99 Å². The second-order valence-electron chi connectivity index (χ2n) is 5.46. The van der Waals surface area contributed by atoms with E-state index in [1.54, 1.807) is 6.26 Å². The van der Waals surface area contributed by atoms with Crippen LogP contribution in [-0.4, -0.2) is 63.4 Å². The average Bonchev–Trinajstić information content (AvgIpc) is 3.27. The maximum Gasteiger partial charge on any atom is 0.216 e. The van der Waals surface area contributed by atoms with Gasteiger partial charge in [0.2, 0.25) is 5.82 Å². The summed E-state index contributed by atoms with van der Waals surface area (Å²) >= 11 is 0. The minimum atomic E-state index is -0.260. The van der Waals surface area contributed by atoms with E-state index in [4.69, 9.17) is 4.42 Å². The van der Waals surface area contributed by atoms with Crippen molar-refractivity contribution in [1.29, 1.82) is 0 Å². The third-order valence-corrected chi connectivity index (χ3v) is 3.68. The lowest BCUT2D eigenvalue weighted by Crippen LogP contribution is -2.40. The van der Waals surface area contributed by atoms with Crippen molar-refractivity contribution in [2.75, 3.05) is 26.2 Å². The Morgan fingerprint density at radius 1 is 1.58 bits per heavy atom. The highest BCUT2D eigenvalue weighted by molar-refractivity contribution is 14.0. The van der Waals surface area contributed by atoms with Crippen molar-refractivity contribution >= 4 is 29.9 Å². The number of likely N-dealkylation sites (tertiary alicyclic amines) is 1. The van der Waals surface area contributed by atoms with Gasteiger partial charge in [-0.25, -0.2) is 4.98 Å². The molecule has 1 atom stereocenters. The van der Waals surface area contributed by atoms with Crippen molar-refractivity contribution in [3.05, 3.63) is 24.2 Å². The Labute approximate surface area is 157 Å². The zero-order chi connectivity index (χ0) is 16.1. The molecule has 9 heteroatoms. The van der Waals surface area contributed by atoms with E-state index in [9.17, 15) is 5.11 Å². The fourth-order valence-electron chi connectivity index (χ4n) is 2.55. The molecule has 0 aromatic carbocycles. The van der Waals surface area contributed by atoms with Crippen molar-refractivity contribution in [3.63, 3.8) is 0 Å². The SMILES string of the molecule is CCNC(=NCCc1nc(-c2ccco2)n[nH]1)N1CC[C@@H](O)C1.I. The van der Waals surface area contributed by atoms with Gasteiger partial charge in [-0.2, -0.15) is 5.10 Å². The lowest BCUT2D eigenvalue weighted by Gasteiger charge is -2.20. The second-order valence-corrected chi connectivity index (χ2v) is 5.46. The number of aromatic amines is 1. The van der Waals surface area contributed by atoms with Crippen LogP contribution in [0, 0.1) is 0 Å². The first kappa shape index (κ1) is 18.7. The first-order chi connectivity index (χ1) is 11.3. The van der Waals surface area contributed by atoms with Gasteiger partial charge >= 0.3 is 0 Å². The van der Waals surface area contributed by atoms with Crippen molar-refractivity contribution < 1.29 is 9.52 Å². The molecule has 0 unspecified atom stereocenters. The van der Waals surface area contributed by atoms with E-state index in [2.05, 4.69) is 30.4 Å². The fourth-order valence-corrected chi connectivity index (χ4v) is 2.55. The highest BCUT2D eigenvalue weighted by Gasteiger charge is 2.22. The molecular formula is C15H23IN6O2. The molecule has 0 amide bonds. The minimum Gasteiger partial charge on any atom is -0.461 e. The maximum absolute atomic E-state index is 9.66. The molecule has 3 N–H and O–H groups in total. The normalized spacial score (nSPS) is 17.8. The smallest absolute Gasteiger partial charge is 0.216 e. The van der Waals surface area contributed by atoms with Gasteiger partial charge in [0.05, 0.1) is 12.4 Å². The molecule has 0 aliphatic carbocycles. The predicted octanol–water partition coefficient (Wildman–Crippen LogP) is 1.26. The van der Waals surface area contributed by atoms with Crippen LogP contribution >= 0.6 is 24.0 Å². The molecule has 0 spiro atoms. The number of aromatic nitrogens is 3. The summed E-state index contributed by atoms with van der Waals surface area (Å²) in [5, 5.41) is 20.0. The van der Waals surface area contributed by atoms with Gasteiger partial charge in [-0.05, 0) is 25.5 Å². The molecule has 8 nitrogen and oxygen atoms in total. The van der Waals surface area contributed by atoms with Crippen molar-refractivity contribution in [1.82, 2.24) is 25.4 Å². The summed E-state index contributed by atoms with van der Waals surface area (Å²) < 4.78 is 5.27. The molecule has 24 heavy (non-hydrogen) atoms. The number of H-pyrrole nitrogens is 1. The molecule has 132 valence electrons. The first-order valence-electron chi connectivity index (χ1n) is 7.92. The first-order valence-corrected chi connectivity index (χ1v) is 7.92. The van der Waals surface area contributed by atoms with Gasteiger partial charge < -0.3 is 19.7 Å². The average molecular weight is 446 g/mol. The summed E-state index contributed by atoms with van der Waals surface area (Å²) in [6.07, 6.45) is 2.80. The summed E-state index contributed by atoms with van der Waals surface area (Å²) in [7, 11) is 0. The van der Waals surface area contributed by atoms with Crippen LogP contribution in [-0.2, 0) is 6.42 Å². The van der Waals surface area contributed by atoms with Gasteiger partial charge in [-0.3, -0.25) is 10.1 Å². The standard InChI is InChI=1S/C15H22N6O2.HI/c1-2-16-15(21-8-6-11(22)10-21)17-7-5-13-18-14(20-19-13)12-4-3-9-23-12;/h3-4,9,11,22H,2,5-8,10H2,1H3,(H,16,17)(H,18,19,20);1H/t11-;/m1./s1. The molecule has 1 aliphatic heterocycles. The zero-order valence-corrected chi connectivity index (χ0v) is 15.9. The predicted molar refractivity (Wildman–Crippen MR) is 101 cm³/mol. The van der Waals surface area contributed by atoms with Gasteiger partial charge in [0, 0.05) is 32.6 Å². The van der Waals surface area contributed by atoms with Gasteiger partial charge in [-0.15, -0.1) is 24.0 Å². The molecule has 3 rings (SSSR count). The number of furan rings is 1. The summed E-state index contributed by atoms with van der Waals surface area (Å²) in [6, 6.07) is 3.63. The van der Waals surface area contributed by atoms with Crippen LogP contribution in [0.15, 0.2) is 27.8 Å². The quantitative estimate of drug-likeness (QED) is 0.363. The summed E-state index contributed by atoms with van der Waals surface area (Å²) in [6.45, 7) is 4.90. The van der Waals surface area contributed by atoms with Crippen molar-refractivity contribution in [3.8, 4) is 11.6 Å². The molecule has 1 aliphatic rings. The molecule has 1 saturated heterocycles. The van der Waals surface area contributed by atoms with E-state index in [0.29, 0.717) is 31.1 Å². The Balaban J connectivity index is 0.00000208. The number of nitrogens with zero attached hydrogens (tertiary/aromatic N) is 4. The van der Waals surface area contributed by atoms with Crippen LogP contribution in [0.2, 0.25) is 0 Å². The molecule has 2 aromatic heterocycles. The monoisotopic (exact) mass is 446 g/mol. The second kappa shape index (κ2) is 9.02. The molecule has 0 radical (unpaired) electrons. The number of halogens is 1. The number of β-amino-alcohol motifs (C(OH)–C–C–N with tert-alkyl or cyclic N) is 1. The number of hydrogen-bond donors (Lipinski definition) is 3. The van der Waals surface area contributed by atoms with Gasteiger partial charge in [-0.1, -0.05) is 0 Å². The Hall–Kier alpha value is -1.62. The topological polar surface area (TPSA) is 103 Å². The molecular weight excluding hydrogens is 423 g/mol. The highest BCUT2D eigenvalue weighted by Crippen LogP contribution is 2.14. The van der Waals surface area contributed by atoms with E-state index in [1.165, 1.54) is 0 Å². The Morgan fingerprint density at radius 3 is 3.12 bits per heavy atom. The largest absolute Gasteiger partial charge is 0.461 e. The number of rotatable bonds is 5. The molecule has 0 saturated carbocycles. The van der Waals surface area contributed by atoms with Crippen LogP contribution in [0.1, 0.15) is 19.2 Å². The third-order valence-electron chi connectivity index (χ3n) is 3.68. The number of hydrogen-bond acceptors (Lipinski definition) is 5. The summed E-state index contributed by atoms with van der Waals surface area (Å²) in [5.74, 6) is 2.83. The summed E-state index contributed by atoms with van der Waals surface area (Å²) in [5.41, 5.74) is 0. The maximum atomic E-state index is 9.66. The number of guanidine groups is 1. The van der Waals surface area contributed by atoms with Crippen molar-refractivity contribution in [2.45, 2.75) is 25.9 Å². The molecule has 2 aromatic rings. The molecule has 0 bridgehead atoms. The Kier molecular flexibility index (Phi) is 7.03. The zero-order valence-electron chi connectivity index (χ0n) is 13.6. The fraction of sp³-hybridized carbons (Fsp3) is 0.533. The number of aliphatic hydroxyl groups excluding tert-OH is 1. The van der Waals surface area contributed by atoms with Crippen LogP contribution in [0.5, 0.6) is 0 Å². The van der Waals surface area contributed by atoms with Gasteiger partial charge in [0.15, 0.2) is 11.7 Å². The number of nitrogens with one attached hydrogen (secondary N) is 2.